The van der Waals surface area contributed by atoms with Crippen molar-refractivity contribution >= 4 is 15.8 Å². The average Bonchev–Trinajstić information content (AvgIpc) is 2.38. The van der Waals surface area contributed by atoms with E-state index in [9.17, 15) is 12.8 Å². The lowest BCUT2D eigenvalue weighted by atomic mass is 10.3. The molecule has 0 aliphatic carbocycles. The molecule has 0 saturated carbocycles. The van der Waals surface area contributed by atoms with Gasteiger partial charge >= 0.3 is 0 Å². The number of sulfonamides is 1. The van der Waals surface area contributed by atoms with Crippen molar-refractivity contribution in [2.75, 3.05) is 11.8 Å². The minimum absolute atomic E-state index is 0.0411. The van der Waals surface area contributed by atoms with Crippen molar-refractivity contribution in [3.05, 3.63) is 48.4 Å². The van der Waals surface area contributed by atoms with E-state index in [1.807, 2.05) is 0 Å². The van der Waals surface area contributed by atoms with Crippen LogP contribution in [0.2, 0.25) is 0 Å². The highest BCUT2D eigenvalue weighted by Gasteiger charge is 2.14. The number of hydrogen-bond donors (Lipinski definition) is 1. The zero-order valence-electron chi connectivity index (χ0n) is 10.00. The Balaban J connectivity index is 2.27. The summed E-state index contributed by atoms with van der Waals surface area (Å²) in [5.74, 6) is -0.284. The molecule has 0 unspecified atom stereocenters. The summed E-state index contributed by atoms with van der Waals surface area (Å²) in [7, 11) is -2.31. The fourth-order valence-electron chi connectivity index (χ4n) is 1.42. The van der Waals surface area contributed by atoms with Crippen LogP contribution in [0.15, 0.2) is 47.4 Å². The predicted molar refractivity (Wildman–Crippen MR) is 68.0 cm³/mol. The van der Waals surface area contributed by atoms with E-state index in [0.29, 0.717) is 5.75 Å². The molecular weight excluding hydrogens is 271 g/mol. The van der Waals surface area contributed by atoms with Crippen LogP contribution in [0.4, 0.5) is 10.2 Å². The number of nitrogens with zero attached hydrogens (tertiary/aromatic N) is 1. The number of benzene rings is 1. The Hall–Kier alpha value is -2.15. The minimum Gasteiger partial charge on any atom is -0.497 e. The molecule has 1 N–H and O–H groups in total. The summed E-state index contributed by atoms with van der Waals surface area (Å²) in [6, 6.07) is 9.69. The van der Waals surface area contributed by atoms with Crippen LogP contribution >= 0.6 is 0 Å². The third-order valence-electron chi connectivity index (χ3n) is 2.32. The summed E-state index contributed by atoms with van der Waals surface area (Å²) in [6.45, 7) is 0. The normalized spacial score (nSPS) is 11.1. The van der Waals surface area contributed by atoms with E-state index in [1.54, 1.807) is 0 Å². The number of rotatable bonds is 4. The summed E-state index contributed by atoms with van der Waals surface area (Å²) >= 11 is 0. The largest absolute Gasteiger partial charge is 0.497 e. The van der Waals surface area contributed by atoms with Gasteiger partial charge in [-0.05, 0) is 36.4 Å². The first-order chi connectivity index (χ1) is 9.01. The van der Waals surface area contributed by atoms with Gasteiger partial charge in [0.25, 0.3) is 10.0 Å². The second kappa shape index (κ2) is 5.23. The topological polar surface area (TPSA) is 68.3 Å². The minimum atomic E-state index is -3.79. The molecule has 1 aromatic heterocycles. The Morgan fingerprint density at radius 2 is 1.84 bits per heavy atom. The van der Waals surface area contributed by atoms with Crippen LogP contribution in [-0.2, 0) is 10.0 Å². The molecule has 5 nitrogen and oxygen atoms in total. The summed E-state index contributed by atoms with van der Waals surface area (Å²) < 4.78 is 44.0. The van der Waals surface area contributed by atoms with Gasteiger partial charge < -0.3 is 4.74 Å². The maximum absolute atomic E-state index is 12.9. The summed E-state index contributed by atoms with van der Waals surface area (Å²) in [5, 5.41) is 0. The number of aromatic nitrogens is 1. The highest BCUT2D eigenvalue weighted by molar-refractivity contribution is 7.92. The lowest BCUT2D eigenvalue weighted by Crippen LogP contribution is -2.14. The Morgan fingerprint density at radius 1 is 1.16 bits per heavy atom. The molecule has 0 bridgehead atoms. The lowest BCUT2D eigenvalue weighted by molar-refractivity contribution is 0.414. The van der Waals surface area contributed by atoms with Crippen molar-refractivity contribution in [2.24, 2.45) is 0 Å². The maximum Gasteiger partial charge on any atom is 0.263 e. The molecule has 0 radical (unpaired) electrons. The molecule has 100 valence electrons. The highest BCUT2D eigenvalue weighted by atomic mass is 32.2. The van der Waals surface area contributed by atoms with Gasteiger partial charge in [-0.3, -0.25) is 4.72 Å². The van der Waals surface area contributed by atoms with Gasteiger partial charge in [0.15, 0.2) is 0 Å². The van der Waals surface area contributed by atoms with Crippen molar-refractivity contribution in [3.8, 4) is 5.75 Å². The van der Waals surface area contributed by atoms with Crippen LogP contribution in [0.3, 0.4) is 0 Å². The number of pyridine rings is 1. The van der Waals surface area contributed by atoms with E-state index in [1.165, 1.54) is 43.5 Å². The molecule has 1 heterocycles. The first-order valence-electron chi connectivity index (χ1n) is 5.31. The van der Waals surface area contributed by atoms with E-state index in [4.69, 9.17) is 4.74 Å². The van der Waals surface area contributed by atoms with Crippen LogP contribution in [-0.4, -0.2) is 20.5 Å². The van der Waals surface area contributed by atoms with Gasteiger partial charge in [-0.25, -0.2) is 13.4 Å². The molecule has 0 spiro atoms. The first kappa shape index (κ1) is 13.3. The van der Waals surface area contributed by atoms with Gasteiger partial charge in [-0.15, -0.1) is 0 Å². The molecule has 2 rings (SSSR count). The SMILES string of the molecule is COc1ccc(S(=O)(=O)Nc2cccc(F)n2)cc1. The van der Waals surface area contributed by atoms with Gasteiger partial charge in [-0.1, -0.05) is 6.07 Å². The molecule has 0 fully saturated rings. The van der Waals surface area contributed by atoms with Crippen molar-refractivity contribution in [2.45, 2.75) is 4.90 Å². The summed E-state index contributed by atoms with van der Waals surface area (Å²) in [5.41, 5.74) is 0. The van der Waals surface area contributed by atoms with Gasteiger partial charge in [0.1, 0.15) is 11.6 Å². The van der Waals surface area contributed by atoms with E-state index in [-0.39, 0.29) is 10.7 Å². The van der Waals surface area contributed by atoms with E-state index >= 15 is 0 Å². The Kier molecular flexibility index (Phi) is 3.66. The van der Waals surface area contributed by atoms with E-state index in [0.717, 1.165) is 6.07 Å². The van der Waals surface area contributed by atoms with Gasteiger partial charge in [-0.2, -0.15) is 4.39 Å². The number of ether oxygens (including phenoxy) is 1. The molecule has 0 aliphatic heterocycles. The van der Waals surface area contributed by atoms with Crippen LogP contribution in [0.25, 0.3) is 0 Å². The quantitative estimate of drug-likeness (QED) is 0.871. The summed E-state index contributed by atoms with van der Waals surface area (Å²) in [4.78, 5) is 3.48. The molecular formula is C12H11FN2O3S. The van der Waals surface area contributed by atoms with Crippen molar-refractivity contribution in [1.82, 2.24) is 4.98 Å². The molecule has 0 atom stereocenters. The van der Waals surface area contributed by atoms with Crippen LogP contribution in [0.5, 0.6) is 5.75 Å². The molecule has 7 heteroatoms. The maximum atomic E-state index is 12.9. The Bertz CT molecular complexity index is 672. The number of anilines is 1. The number of nitrogens with one attached hydrogen (secondary N) is 1. The first-order valence-corrected chi connectivity index (χ1v) is 6.79. The molecule has 0 aliphatic rings. The van der Waals surface area contributed by atoms with Crippen LogP contribution < -0.4 is 9.46 Å². The van der Waals surface area contributed by atoms with Crippen molar-refractivity contribution in [1.29, 1.82) is 0 Å². The van der Waals surface area contributed by atoms with Gasteiger partial charge in [0.05, 0.1) is 12.0 Å². The average molecular weight is 282 g/mol. The monoisotopic (exact) mass is 282 g/mol. The summed E-state index contributed by atoms with van der Waals surface area (Å²) in [6.07, 6.45) is 0. The molecule has 1 aromatic carbocycles. The van der Waals surface area contributed by atoms with Gasteiger partial charge in [0.2, 0.25) is 5.95 Å². The predicted octanol–water partition coefficient (Wildman–Crippen LogP) is 2.03. The fourth-order valence-corrected chi connectivity index (χ4v) is 2.42. The Morgan fingerprint density at radius 3 is 2.42 bits per heavy atom. The van der Waals surface area contributed by atoms with Crippen LogP contribution in [0.1, 0.15) is 0 Å². The molecule has 19 heavy (non-hydrogen) atoms. The van der Waals surface area contributed by atoms with Crippen LogP contribution in [0, 0.1) is 5.95 Å². The second-order valence-electron chi connectivity index (χ2n) is 3.63. The zero-order valence-corrected chi connectivity index (χ0v) is 10.8. The van der Waals surface area contributed by atoms with E-state index < -0.39 is 16.0 Å². The third-order valence-corrected chi connectivity index (χ3v) is 3.69. The lowest BCUT2D eigenvalue weighted by Gasteiger charge is -2.07. The fraction of sp³-hybridized carbons (Fsp3) is 0.0833. The molecule has 2 aromatic rings. The van der Waals surface area contributed by atoms with Crippen molar-refractivity contribution < 1.29 is 17.5 Å². The molecule has 0 amide bonds. The number of halogens is 1. The number of methoxy groups -OCH3 is 1. The van der Waals surface area contributed by atoms with E-state index in [2.05, 4.69) is 9.71 Å². The zero-order chi connectivity index (χ0) is 13.9. The standard InChI is InChI=1S/C12H11FN2O3S/c1-18-9-5-7-10(8-6-9)19(16,17)15-12-4-2-3-11(13)14-12/h2-8H,1H3,(H,14,15). The third kappa shape index (κ3) is 3.19. The highest BCUT2D eigenvalue weighted by Crippen LogP contribution is 2.18. The van der Waals surface area contributed by atoms with Gasteiger partial charge in [0, 0.05) is 0 Å². The van der Waals surface area contributed by atoms with Crippen molar-refractivity contribution in [3.63, 3.8) is 0 Å². The number of hydrogen-bond acceptors (Lipinski definition) is 4. The smallest absolute Gasteiger partial charge is 0.263 e. The molecule has 0 saturated heterocycles. The Labute approximate surface area is 110 Å². The second-order valence-corrected chi connectivity index (χ2v) is 5.31.